The van der Waals surface area contributed by atoms with E-state index in [2.05, 4.69) is 45.0 Å². The molecule has 0 saturated heterocycles. The lowest BCUT2D eigenvalue weighted by Crippen LogP contribution is -2.54. The zero-order valence-electron chi connectivity index (χ0n) is 18.5. The highest BCUT2D eigenvalue weighted by Gasteiger charge is 2.38. The van der Waals surface area contributed by atoms with Crippen molar-refractivity contribution in [3.8, 4) is 0 Å². The van der Waals surface area contributed by atoms with Gasteiger partial charge in [-0.25, -0.2) is 0 Å². The van der Waals surface area contributed by atoms with Gasteiger partial charge in [0.15, 0.2) is 0 Å². The molecule has 158 valence electrons. The first kappa shape index (κ1) is 20.9. The van der Waals surface area contributed by atoms with Gasteiger partial charge in [0, 0.05) is 5.56 Å². The van der Waals surface area contributed by atoms with E-state index in [0.717, 1.165) is 16.9 Å². The van der Waals surface area contributed by atoms with Gasteiger partial charge in [0.2, 0.25) is 5.91 Å². The molecule has 0 aromatic heterocycles. The van der Waals surface area contributed by atoms with E-state index in [1.807, 2.05) is 42.5 Å². The van der Waals surface area contributed by atoms with Gasteiger partial charge < -0.3 is 4.90 Å². The molecular weight excluding hydrogens is 384 g/mol. The van der Waals surface area contributed by atoms with Gasteiger partial charge in [-0.1, -0.05) is 75.4 Å². The average Bonchev–Trinajstić information content (AvgIpc) is 2.77. The molecule has 1 heterocycles. The topological polar surface area (TPSA) is 40.6 Å². The molecule has 31 heavy (non-hydrogen) atoms. The Hall–Kier alpha value is -3.40. The van der Waals surface area contributed by atoms with Crippen LogP contribution in [0.3, 0.4) is 0 Å². The lowest BCUT2D eigenvalue weighted by molar-refractivity contribution is -0.119. The van der Waals surface area contributed by atoms with Crippen LogP contribution >= 0.6 is 0 Å². The Balaban J connectivity index is 1.69. The Bertz CT molecular complexity index is 1100. The number of rotatable bonds is 3. The molecule has 1 atom stereocenters. The Morgan fingerprint density at radius 3 is 2.03 bits per heavy atom. The standard InChI is InChI=1S/C27H28N2O2/c1-19-25(30)28(18-20-14-16-22(17-15-20)27(2,3)4)23-12-8-9-13-24(23)29(19)26(31)21-10-6-5-7-11-21/h5-17,19H,18H2,1-4H3/t19-/m0/s1. The molecule has 0 spiro atoms. The van der Waals surface area contributed by atoms with E-state index in [1.165, 1.54) is 5.56 Å². The predicted octanol–water partition coefficient (Wildman–Crippen LogP) is 5.57. The van der Waals surface area contributed by atoms with E-state index in [9.17, 15) is 9.59 Å². The summed E-state index contributed by atoms with van der Waals surface area (Å²) in [6, 6.07) is 24.6. The van der Waals surface area contributed by atoms with E-state index >= 15 is 0 Å². The van der Waals surface area contributed by atoms with Gasteiger partial charge in [-0.3, -0.25) is 14.5 Å². The van der Waals surface area contributed by atoms with Gasteiger partial charge >= 0.3 is 0 Å². The lowest BCUT2D eigenvalue weighted by Gasteiger charge is -2.40. The highest BCUT2D eigenvalue weighted by atomic mass is 16.2. The first-order valence-electron chi connectivity index (χ1n) is 10.7. The summed E-state index contributed by atoms with van der Waals surface area (Å²) in [7, 11) is 0. The molecule has 0 saturated carbocycles. The van der Waals surface area contributed by atoms with Crippen molar-refractivity contribution in [1.82, 2.24) is 0 Å². The first-order chi connectivity index (χ1) is 14.8. The Kier molecular flexibility index (Phi) is 5.40. The normalized spacial score (nSPS) is 16.3. The molecule has 0 aliphatic carbocycles. The summed E-state index contributed by atoms with van der Waals surface area (Å²) in [6.45, 7) is 8.83. The van der Waals surface area contributed by atoms with E-state index in [4.69, 9.17) is 0 Å². The maximum Gasteiger partial charge on any atom is 0.259 e. The van der Waals surface area contributed by atoms with E-state index < -0.39 is 6.04 Å². The molecule has 1 aliphatic rings. The van der Waals surface area contributed by atoms with Crippen LogP contribution in [0.2, 0.25) is 0 Å². The van der Waals surface area contributed by atoms with Gasteiger partial charge in [-0.05, 0) is 47.7 Å². The van der Waals surface area contributed by atoms with Crippen molar-refractivity contribution in [2.75, 3.05) is 9.80 Å². The number of para-hydroxylation sites is 2. The molecule has 0 N–H and O–H groups in total. The number of hydrogen-bond acceptors (Lipinski definition) is 2. The third-order valence-electron chi connectivity index (χ3n) is 5.84. The zero-order chi connectivity index (χ0) is 22.2. The molecule has 0 fully saturated rings. The number of amides is 2. The summed E-state index contributed by atoms with van der Waals surface area (Å²) in [5, 5.41) is 0. The van der Waals surface area contributed by atoms with Crippen LogP contribution in [0.15, 0.2) is 78.9 Å². The lowest BCUT2D eigenvalue weighted by atomic mass is 9.86. The molecular formula is C27H28N2O2. The summed E-state index contributed by atoms with van der Waals surface area (Å²) in [5.41, 5.74) is 4.49. The fourth-order valence-electron chi connectivity index (χ4n) is 4.02. The van der Waals surface area contributed by atoms with Gasteiger partial charge in [0.05, 0.1) is 17.9 Å². The SMILES string of the molecule is C[C@H]1C(=O)N(Cc2ccc(C(C)(C)C)cc2)c2ccccc2N1C(=O)c1ccccc1. The third-order valence-corrected chi connectivity index (χ3v) is 5.84. The molecule has 4 rings (SSSR count). The first-order valence-corrected chi connectivity index (χ1v) is 10.7. The number of hydrogen-bond donors (Lipinski definition) is 0. The van der Waals surface area contributed by atoms with E-state index in [0.29, 0.717) is 12.1 Å². The summed E-state index contributed by atoms with van der Waals surface area (Å²) in [5.74, 6) is -0.244. The van der Waals surface area contributed by atoms with Crippen LogP contribution in [0.4, 0.5) is 11.4 Å². The van der Waals surface area contributed by atoms with Gasteiger partial charge in [-0.15, -0.1) is 0 Å². The monoisotopic (exact) mass is 412 g/mol. The fourth-order valence-corrected chi connectivity index (χ4v) is 4.02. The predicted molar refractivity (Wildman–Crippen MR) is 125 cm³/mol. The third kappa shape index (κ3) is 3.98. The zero-order valence-corrected chi connectivity index (χ0v) is 18.5. The summed E-state index contributed by atoms with van der Waals surface area (Å²) < 4.78 is 0. The minimum absolute atomic E-state index is 0.0807. The average molecular weight is 413 g/mol. The Morgan fingerprint density at radius 2 is 1.42 bits per heavy atom. The minimum Gasteiger partial charge on any atom is -0.304 e. The molecule has 4 nitrogen and oxygen atoms in total. The fraction of sp³-hybridized carbons (Fsp3) is 0.259. The number of carbonyl (C=O) groups is 2. The highest BCUT2D eigenvalue weighted by molar-refractivity contribution is 6.17. The Morgan fingerprint density at radius 1 is 0.839 bits per heavy atom. The molecule has 3 aromatic rings. The van der Waals surface area contributed by atoms with Crippen LogP contribution in [0.1, 0.15) is 49.2 Å². The molecule has 4 heteroatoms. The van der Waals surface area contributed by atoms with Crippen molar-refractivity contribution in [3.05, 3.63) is 95.6 Å². The highest BCUT2D eigenvalue weighted by Crippen LogP contribution is 2.38. The largest absolute Gasteiger partial charge is 0.304 e. The van der Waals surface area contributed by atoms with Gasteiger partial charge in [0.1, 0.15) is 6.04 Å². The number of nitrogens with zero attached hydrogens (tertiary/aromatic N) is 2. The van der Waals surface area contributed by atoms with E-state index in [1.54, 1.807) is 28.9 Å². The number of fused-ring (bicyclic) bond motifs is 1. The van der Waals surface area contributed by atoms with Crippen molar-refractivity contribution < 1.29 is 9.59 Å². The van der Waals surface area contributed by atoms with Crippen molar-refractivity contribution in [2.24, 2.45) is 0 Å². The molecule has 3 aromatic carbocycles. The number of anilines is 2. The van der Waals surface area contributed by atoms with Crippen LogP contribution in [0.25, 0.3) is 0 Å². The molecule has 0 radical (unpaired) electrons. The van der Waals surface area contributed by atoms with Crippen molar-refractivity contribution in [1.29, 1.82) is 0 Å². The second kappa shape index (κ2) is 8.03. The van der Waals surface area contributed by atoms with Crippen molar-refractivity contribution >= 4 is 23.2 Å². The molecule has 2 amide bonds. The van der Waals surface area contributed by atoms with Crippen LogP contribution in [0, 0.1) is 0 Å². The maximum atomic E-state index is 13.4. The smallest absolute Gasteiger partial charge is 0.259 e. The van der Waals surface area contributed by atoms with Crippen molar-refractivity contribution in [3.63, 3.8) is 0 Å². The molecule has 0 unspecified atom stereocenters. The van der Waals surface area contributed by atoms with E-state index in [-0.39, 0.29) is 17.2 Å². The number of carbonyl (C=O) groups excluding carboxylic acids is 2. The van der Waals surface area contributed by atoms with Crippen LogP contribution in [0.5, 0.6) is 0 Å². The summed E-state index contributed by atoms with van der Waals surface area (Å²) >= 11 is 0. The molecule has 1 aliphatic heterocycles. The second-order valence-electron chi connectivity index (χ2n) is 9.08. The van der Waals surface area contributed by atoms with Crippen LogP contribution < -0.4 is 9.80 Å². The Labute approximate surface area is 184 Å². The maximum absolute atomic E-state index is 13.4. The number of benzene rings is 3. The summed E-state index contributed by atoms with van der Waals surface area (Å²) in [4.78, 5) is 30.1. The van der Waals surface area contributed by atoms with Crippen LogP contribution in [-0.2, 0) is 16.8 Å². The molecule has 0 bridgehead atoms. The summed E-state index contributed by atoms with van der Waals surface area (Å²) in [6.07, 6.45) is 0. The quantitative estimate of drug-likeness (QED) is 0.565. The van der Waals surface area contributed by atoms with Crippen molar-refractivity contribution in [2.45, 2.75) is 45.7 Å². The second-order valence-corrected chi connectivity index (χ2v) is 9.08. The van der Waals surface area contributed by atoms with Gasteiger partial charge in [-0.2, -0.15) is 0 Å². The van der Waals surface area contributed by atoms with Crippen LogP contribution in [-0.4, -0.2) is 17.9 Å². The minimum atomic E-state index is -0.587. The van der Waals surface area contributed by atoms with Gasteiger partial charge in [0.25, 0.3) is 5.91 Å².